The summed E-state index contributed by atoms with van der Waals surface area (Å²) in [6.45, 7) is 0.381. The summed E-state index contributed by atoms with van der Waals surface area (Å²) in [5.74, 6) is 0.752. The van der Waals surface area contributed by atoms with Crippen LogP contribution < -0.4 is 0 Å². The van der Waals surface area contributed by atoms with Gasteiger partial charge in [-0.1, -0.05) is 18.2 Å². The van der Waals surface area contributed by atoms with Crippen molar-refractivity contribution in [3.8, 4) is 11.3 Å². The predicted octanol–water partition coefficient (Wildman–Crippen LogP) is 4.81. The van der Waals surface area contributed by atoms with Gasteiger partial charge >= 0.3 is 0 Å². The van der Waals surface area contributed by atoms with Gasteiger partial charge < -0.3 is 8.98 Å². The first-order valence-corrected chi connectivity index (χ1v) is 7.34. The lowest BCUT2D eigenvalue weighted by atomic mass is 10.1. The lowest BCUT2D eigenvalue weighted by Gasteiger charge is -2.05. The molecular weight excluding hydrogens is 279 g/mol. The Hall–Kier alpha value is -2.62. The standard InChI is InChI=1S/C18H15FN2O/c19-8-3-9-21-16-5-2-1-4-14(16)15-10-13(6-7-17(15)21)18-11-20-12-22-18/h1-2,4-7,10-12H,3,8-9H2. The van der Waals surface area contributed by atoms with E-state index >= 15 is 0 Å². The number of halogens is 1. The van der Waals surface area contributed by atoms with E-state index in [0.717, 1.165) is 27.7 Å². The highest BCUT2D eigenvalue weighted by Crippen LogP contribution is 2.32. The van der Waals surface area contributed by atoms with Crippen LogP contribution in [0.5, 0.6) is 0 Å². The molecule has 110 valence electrons. The number of fused-ring (bicyclic) bond motifs is 3. The number of hydrogen-bond acceptors (Lipinski definition) is 2. The first kappa shape index (κ1) is 13.1. The summed E-state index contributed by atoms with van der Waals surface area (Å²) in [5, 5.41) is 2.33. The Balaban J connectivity index is 1.98. The summed E-state index contributed by atoms with van der Waals surface area (Å²) in [6.07, 6.45) is 3.67. The molecule has 0 unspecified atom stereocenters. The molecule has 2 aromatic carbocycles. The number of hydrogen-bond donors (Lipinski definition) is 0. The maximum absolute atomic E-state index is 12.6. The molecule has 0 aliphatic rings. The van der Waals surface area contributed by atoms with Crippen LogP contribution in [0.1, 0.15) is 6.42 Å². The SMILES string of the molecule is FCCCn1c2ccccc2c2cc(-c3cnco3)ccc21. The number of aromatic nitrogens is 2. The number of para-hydroxylation sites is 1. The predicted molar refractivity (Wildman–Crippen MR) is 85.5 cm³/mol. The van der Waals surface area contributed by atoms with Gasteiger partial charge in [-0.2, -0.15) is 0 Å². The van der Waals surface area contributed by atoms with Gasteiger partial charge in [0.1, 0.15) is 0 Å². The topological polar surface area (TPSA) is 31.0 Å². The summed E-state index contributed by atoms with van der Waals surface area (Å²) in [5.41, 5.74) is 3.26. The van der Waals surface area contributed by atoms with Crippen LogP contribution in [0.4, 0.5) is 4.39 Å². The van der Waals surface area contributed by atoms with Crippen molar-refractivity contribution < 1.29 is 8.81 Å². The second kappa shape index (κ2) is 5.30. The van der Waals surface area contributed by atoms with E-state index in [4.69, 9.17) is 4.42 Å². The Morgan fingerprint density at radius 3 is 2.73 bits per heavy atom. The van der Waals surface area contributed by atoms with E-state index in [1.165, 1.54) is 11.8 Å². The van der Waals surface area contributed by atoms with Crippen molar-refractivity contribution in [2.75, 3.05) is 6.67 Å². The van der Waals surface area contributed by atoms with Crippen molar-refractivity contribution >= 4 is 21.8 Å². The number of aryl methyl sites for hydroxylation is 1. The zero-order valence-electron chi connectivity index (χ0n) is 12.0. The lowest BCUT2D eigenvalue weighted by molar-refractivity contribution is 0.452. The molecule has 2 heterocycles. The molecule has 2 aromatic heterocycles. The molecule has 3 nitrogen and oxygen atoms in total. The zero-order chi connectivity index (χ0) is 14.9. The molecule has 22 heavy (non-hydrogen) atoms. The summed E-state index contributed by atoms with van der Waals surface area (Å²) >= 11 is 0. The fraction of sp³-hybridized carbons (Fsp3) is 0.167. The summed E-state index contributed by atoms with van der Waals surface area (Å²) in [6, 6.07) is 14.4. The minimum absolute atomic E-state index is 0.301. The lowest BCUT2D eigenvalue weighted by Crippen LogP contribution is -1.98. The van der Waals surface area contributed by atoms with Gasteiger partial charge in [0.05, 0.1) is 12.9 Å². The second-order valence-electron chi connectivity index (χ2n) is 5.31. The minimum Gasteiger partial charge on any atom is -0.444 e. The number of alkyl halides is 1. The van der Waals surface area contributed by atoms with Crippen molar-refractivity contribution in [1.82, 2.24) is 9.55 Å². The first-order valence-electron chi connectivity index (χ1n) is 7.34. The monoisotopic (exact) mass is 294 g/mol. The van der Waals surface area contributed by atoms with Crippen LogP contribution >= 0.6 is 0 Å². The molecular formula is C18H15FN2O. The summed E-state index contributed by atoms with van der Waals surface area (Å²) in [7, 11) is 0. The largest absolute Gasteiger partial charge is 0.444 e. The van der Waals surface area contributed by atoms with E-state index in [2.05, 4.69) is 33.8 Å². The van der Waals surface area contributed by atoms with Gasteiger partial charge in [0.15, 0.2) is 12.2 Å². The maximum atomic E-state index is 12.6. The number of rotatable bonds is 4. The van der Waals surface area contributed by atoms with Gasteiger partial charge in [0.2, 0.25) is 0 Å². The molecule has 0 aliphatic heterocycles. The molecule has 0 fully saturated rings. The van der Waals surface area contributed by atoms with E-state index in [1.54, 1.807) is 6.20 Å². The van der Waals surface area contributed by atoms with E-state index < -0.39 is 0 Å². The third-order valence-corrected chi connectivity index (χ3v) is 4.00. The average Bonchev–Trinajstić information content (AvgIpc) is 3.19. The van der Waals surface area contributed by atoms with Crippen LogP contribution in [0.2, 0.25) is 0 Å². The summed E-state index contributed by atoms with van der Waals surface area (Å²) in [4.78, 5) is 3.97. The number of benzene rings is 2. The van der Waals surface area contributed by atoms with Crippen molar-refractivity contribution in [1.29, 1.82) is 0 Å². The fourth-order valence-electron chi connectivity index (χ4n) is 3.02. The fourth-order valence-corrected chi connectivity index (χ4v) is 3.02. The van der Waals surface area contributed by atoms with Crippen molar-refractivity contribution in [3.05, 3.63) is 55.1 Å². The van der Waals surface area contributed by atoms with Gasteiger partial charge in [-0.15, -0.1) is 0 Å². The third kappa shape index (κ3) is 1.99. The number of oxazole rings is 1. The van der Waals surface area contributed by atoms with Gasteiger partial charge in [-0.25, -0.2) is 4.98 Å². The molecule has 0 radical (unpaired) electrons. The molecule has 0 bridgehead atoms. The van der Waals surface area contributed by atoms with Crippen LogP contribution in [0.3, 0.4) is 0 Å². The Bertz CT molecular complexity index is 925. The van der Waals surface area contributed by atoms with Crippen LogP contribution in [0.15, 0.2) is 59.5 Å². The molecule has 4 aromatic rings. The normalized spacial score (nSPS) is 11.5. The van der Waals surface area contributed by atoms with Gasteiger partial charge in [-0.3, -0.25) is 4.39 Å². The average molecular weight is 294 g/mol. The third-order valence-electron chi connectivity index (χ3n) is 4.00. The summed E-state index contributed by atoms with van der Waals surface area (Å²) < 4.78 is 20.2. The Morgan fingerprint density at radius 1 is 1.05 bits per heavy atom. The highest BCUT2D eigenvalue weighted by molar-refractivity contribution is 6.09. The Labute approximate surface area is 127 Å². The highest BCUT2D eigenvalue weighted by Gasteiger charge is 2.12. The van der Waals surface area contributed by atoms with Gasteiger partial charge in [-0.05, 0) is 30.7 Å². The van der Waals surface area contributed by atoms with Crippen LogP contribution in [-0.4, -0.2) is 16.2 Å². The molecule has 0 atom stereocenters. The van der Waals surface area contributed by atoms with Crippen molar-refractivity contribution in [2.45, 2.75) is 13.0 Å². The van der Waals surface area contributed by atoms with E-state index in [-0.39, 0.29) is 6.67 Å². The van der Waals surface area contributed by atoms with Crippen molar-refractivity contribution in [2.24, 2.45) is 0 Å². The van der Waals surface area contributed by atoms with Gasteiger partial charge in [0.25, 0.3) is 0 Å². The smallest absolute Gasteiger partial charge is 0.181 e. The van der Waals surface area contributed by atoms with Crippen LogP contribution in [-0.2, 0) is 6.54 Å². The molecule has 0 amide bonds. The Morgan fingerprint density at radius 2 is 1.91 bits per heavy atom. The molecule has 4 rings (SSSR count). The zero-order valence-corrected chi connectivity index (χ0v) is 12.0. The van der Waals surface area contributed by atoms with Crippen LogP contribution in [0.25, 0.3) is 33.1 Å². The molecule has 0 aliphatic carbocycles. The maximum Gasteiger partial charge on any atom is 0.181 e. The molecule has 0 N–H and O–H groups in total. The Kier molecular flexibility index (Phi) is 3.15. The molecule has 4 heteroatoms. The van der Waals surface area contributed by atoms with E-state index in [1.807, 2.05) is 18.2 Å². The minimum atomic E-state index is -0.301. The van der Waals surface area contributed by atoms with Gasteiger partial charge in [0, 0.05) is 33.9 Å². The quantitative estimate of drug-likeness (QED) is 0.541. The number of nitrogens with zero attached hydrogens (tertiary/aromatic N) is 2. The van der Waals surface area contributed by atoms with Crippen molar-refractivity contribution in [3.63, 3.8) is 0 Å². The first-order chi connectivity index (χ1) is 10.9. The van der Waals surface area contributed by atoms with E-state index in [0.29, 0.717) is 13.0 Å². The second-order valence-corrected chi connectivity index (χ2v) is 5.31. The highest BCUT2D eigenvalue weighted by atomic mass is 19.1. The van der Waals surface area contributed by atoms with E-state index in [9.17, 15) is 4.39 Å². The molecule has 0 spiro atoms. The molecule has 0 saturated carbocycles. The van der Waals surface area contributed by atoms with Crippen LogP contribution in [0, 0.1) is 0 Å². The molecule has 0 saturated heterocycles.